The van der Waals surface area contributed by atoms with Gasteiger partial charge in [0, 0.05) is 39.7 Å². The molecule has 20 radical (unpaired) electrons. The number of rotatable bonds is 8. The number of aromatic nitrogens is 2. The van der Waals surface area contributed by atoms with E-state index in [9.17, 15) is 0 Å². The molecule has 0 aliphatic rings. The van der Waals surface area contributed by atoms with Gasteiger partial charge in [0.05, 0.1) is 11.4 Å². The predicted octanol–water partition coefficient (Wildman–Crippen LogP) is 3.02. The highest BCUT2D eigenvalue weighted by Crippen LogP contribution is 2.40. The normalized spacial score (nSPS) is 11.2. The lowest BCUT2D eigenvalue weighted by atomic mass is 9.59. The van der Waals surface area contributed by atoms with Crippen LogP contribution in [0, 0.1) is 13.8 Å². The van der Waals surface area contributed by atoms with Crippen molar-refractivity contribution in [2.24, 2.45) is 0 Å². The minimum absolute atomic E-state index is 0.172. The third-order valence-corrected chi connectivity index (χ3v) is 12.7. The zero-order valence-electron chi connectivity index (χ0n) is 36.8. The van der Waals surface area contributed by atoms with Crippen molar-refractivity contribution in [2.45, 2.75) is 13.8 Å². The zero-order valence-corrected chi connectivity index (χ0v) is 37.6. The summed E-state index contributed by atoms with van der Waals surface area (Å²) in [5.74, 6) is 0. The molecule has 0 saturated heterocycles. The number of aryl methyl sites for hydroxylation is 2. The number of hydrogen-bond acceptors (Lipinski definition) is 2. The molecule has 0 fully saturated rings. The summed E-state index contributed by atoms with van der Waals surface area (Å²) in [7, 11) is 62.2. The van der Waals surface area contributed by atoms with E-state index in [1.807, 2.05) is 62.4 Å². The molecule has 0 N–H and O–H groups in total. The van der Waals surface area contributed by atoms with Crippen LogP contribution >= 0.6 is 11.6 Å². The molecule has 0 aliphatic heterocycles. The first-order valence-electron chi connectivity index (χ1n) is 21.3. The molecule has 0 saturated carbocycles. The number of nitrogens with zero attached hydrogens (tertiary/aromatic N) is 2. The molecule has 67 heavy (non-hydrogen) atoms. The quantitative estimate of drug-likeness (QED) is 0.220. The van der Waals surface area contributed by atoms with Crippen LogP contribution in [0.3, 0.4) is 0 Å². The zero-order chi connectivity index (χ0) is 47.4. The second kappa shape index (κ2) is 18.5. The Hall–Kier alpha value is -6.22. The van der Waals surface area contributed by atoms with Crippen LogP contribution in [0.2, 0.25) is 5.02 Å². The van der Waals surface area contributed by atoms with Crippen LogP contribution in [0.25, 0.3) is 89.3 Å². The molecule has 0 bridgehead atoms. The van der Waals surface area contributed by atoms with Gasteiger partial charge in [-0.3, -0.25) is 9.97 Å². The van der Waals surface area contributed by atoms with E-state index in [0.717, 1.165) is 89.3 Å². The molecule has 292 valence electrons. The third kappa shape index (κ3) is 8.44. The number of benzene rings is 7. The Kier molecular flexibility index (Phi) is 12.6. The molecule has 2 aromatic heterocycles. The molecule has 0 aliphatic carbocycles. The maximum atomic E-state index is 6.95. The Morgan fingerprint density at radius 2 is 0.597 bits per heavy atom. The fourth-order valence-corrected chi connectivity index (χ4v) is 8.98. The summed E-state index contributed by atoms with van der Waals surface area (Å²) in [6.07, 6.45) is 3.47. The van der Waals surface area contributed by atoms with E-state index < -0.39 is 0 Å². The predicted molar refractivity (Wildman–Crippen MR) is 294 cm³/mol. The fourth-order valence-electron chi connectivity index (χ4n) is 8.75. The molecule has 9 aromatic rings. The number of hydrogen-bond donors (Lipinski definition) is 0. The standard InChI is InChI=1S/C54H29B10ClN2/c1-26-19-41(66-24-39(26)43-45(55)49(59)53(63)50(60)46(43)56)30-15-11-28(12-16-30)35-7-3-5-9-37(35)32-21-33(23-34(65)22-32)38-10-6-4-8-36(38)29-13-17-31(18-14-29)42-20-27(2)40(25-67-42)44-47(57)51(61)54(64)52(62)48(44)58/h3-25H,1-2H3. The van der Waals surface area contributed by atoms with Crippen LogP contribution in [-0.4, -0.2) is 88.4 Å². The van der Waals surface area contributed by atoms with Gasteiger partial charge in [0.1, 0.15) is 78.5 Å². The summed E-state index contributed by atoms with van der Waals surface area (Å²) >= 11 is 6.95. The molecule has 2 heterocycles. The Bertz CT molecular complexity index is 3160. The smallest absolute Gasteiger partial charge is 0.113 e. The SMILES string of the molecule is [B]c1c([B])c([B])c(-c2cnc(-c3ccc(-c4ccccc4-c4cc(Cl)cc(-c5ccccc5-c5ccc(-c6cc(C)c(-c7c([B])c([B])c([B])c([B])c7[B])cn6)cc5)c4)cc3)cc2C)c([B])c1[B]. The van der Waals surface area contributed by atoms with Crippen molar-refractivity contribution in [1.82, 2.24) is 9.97 Å². The van der Waals surface area contributed by atoms with Crippen LogP contribution in [-0.2, 0) is 0 Å². The van der Waals surface area contributed by atoms with Crippen molar-refractivity contribution >= 4 is 145 Å². The maximum Gasteiger partial charge on any atom is 0.113 e. The number of pyridine rings is 2. The summed E-state index contributed by atoms with van der Waals surface area (Å²) in [5.41, 5.74) is 18.2. The fraction of sp³-hybridized carbons (Fsp3) is 0.0370. The van der Waals surface area contributed by atoms with Crippen LogP contribution < -0.4 is 54.6 Å². The molecule has 7 aromatic carbocycles. The molecule has 0 unspecified atom stereocenters. The second-order valence-electron chi connectivity index (χ2n) is 16.6. The summed E-state index contributed by atoms with van der Waals surface area (Å²) in [5, 5.41) is 0.623. The van der Waals surface area contributed by atoms with Gasteiger partial charge in [0.15, 0.2) is 0 Å². The minimum atomic E-state index is 0.172. The first-order valence-corrected chi connectivity index (χ1v) is 21.7. The second-order valence-corrected chi connectivity index (χ2v) is 17.1. The topological polar surface area (TPSA) is 25.8 Å². The molecule has 9 rings (SSSR count). The Balaban J connectivity index is 0.995. The van der Waals surface area contributed by atoms with Gasteiger partial charge in [-0.25, -0.2) is 0 Å². The minimum Gasteiger partial charge on any atom is -0.256 e. The van der Waals surface area contributed by atoms with E-state index in [1.165, 1.54) is 0 Å². The van der Waals surface area contributed by atoms with Crippen molar-refractivity contribution in [2.75, 3.05) is 0 Å². The largest absolute Gasteiger partial charge is 0.256 e. The van der Waals surface area contributed by atoms with Gasteiger partial charge in [-0.15, -0.1) is 32.8 Å². The monoisotopic (exact) mass is 850 g/mol. The van der Waals surface area contributed by atoms with Crippen molar-refractivity contribution in [3.63, 3.8) is 0 Å². The van der Waals surface area contributed by atoms with Gasteiger partial charge in [0.25, 0.3) is 0 Å². The molecule has 13 heteroatoms. The van der Waals surface area contributed by atoms with Crippen molar-refractivity contribution in [3.8, 4) is 89.3 Å². The average molecular weight is 849 g/mol. The molecule has 0 spiro atoms. The van der Waals surface area contributed by atoms with Crippen LogP contribution in [0.5, 0.6) is 0 Å². The number of halogens is 1. The van der Waals surface area contributed by atoms with E-state index in [0.29, 0.717) is 16.1 Å². The van der Waals surface area contributed by atoms with Crippen molar-refractivity contribution < 1.29 is 0 Å². The highest BCUT2D eigenvalue weighted by molar-refractivity contribution is 6.70. The van der Waals surface area contributed by atoms with Gasteiger partial charge in [-0.2, -0.15) is 0 Å². The van der Waals surface area contributed by atoms with E-state index in [-0.39, 0.29) is 54.6 Å². The Labute approximate surface area is 411 Å². The lowest BCUT2D eigenvalue weighted by molar-refractivity contribution is 1.29. The van der Waals surface area contributed by atoms with Gasteiger partial charge < -0.3 is 0 Å². The Morgan fingerprint density at radius 1 is 0.313 bits per heavy atom. The summed E-state index contributed by atoms with van der Waals surface area (Å²) in [4.78, 5) is 9.56. The molecular weight excluding hydrogens is 820 g/mol. The van der Waals surface area contributed by atoms with Gasteiger partial charge in [0.2, 0.25) is 0 Å². The summed E-state index contributed by atoms with van der Waals surface area (Å²) in [6.45, 7) is 3.93. The lowest BCUT2D eigenvalue weighted by Gasteiger charge is -2.22. The van der Waals surface area contributed by atoms with Crippen LogP contribution in [0.4, 0.5) is 0 Å². The van der Waals surface area contributed by atoms with E-state index in [1.54, 1.807) is 12.4 Å². The molecular formula is C54H29B10ClN2. The van der Waals surface area contributed by atoms with Crippen LogP contribution in [0.1, 0.15) is 11.1 Å². The van der Waals surface area contributed by atoms with E-state index in [4.69, 9.17) is 100 Å². The van der Waals surface area contributed by atoms with E-state index >= 15 is 0 Å². The highest BCUT2D eigenvalue weighted by atomic mass is 35.5. The van der Waals surface area contributed by atoms with Crippen LogP contribution in [0.15, 0.2) is 140 Å². The van der Waals surface area contributed by atoms with Crippen molar-refractivity contribution in [1.29, 1.82) is 0 Å². The molecule has 2 nitrogen and oxygen atoms in total. The molecule has 0 amide bonds. The third-order valence-electron chi connectivity index (χ3n) is 12.5. The van der Waals surface area contributed by atoms with Gasteiger partial charge >= 0.3 is 0 Å². The van der Waals surface area contributed by atoms with Crippen molar-refractivity contribution in [3.05, 3.63) is 156 Å². The van der Waals surface area contributed by atoms with E-state index in [2.05, 4.69) is 78.9 Å². The first kappa shape index (κ1) is 45.9. The molecule has 0 atom stereocenters. The van der Waals surface area contributed by atoms with Gasteiger partial charge in [-0.05, 0) is 111 Å². The highest BCUT2D eigenvalue weighted by Gasteiger charge is 2.18. The first-order chi connectivity index (χ1) is 32.1. The summed E-state index contributed by atoms with van der Waals surface area (Å²) < 4.78 is 0. The Morgan fingerprint density at radius 3 is 0.910 bits per heavy atom. The summed E-state index contributed by atoms with van der Waals surface area (Å²) in [6, 6.07) is 43.5. The van der Waals surface area contributed by atoms with Gasteiger partial charge in [-0.1, -0.05) is 131 Å². The average Bonchev–Trinajstić information content (AvgIpc) is 3.34. The lowest BCUT2D eigenvalue weighted by Crippen LogP contribution is -2.55. The maximum absolute atomic E-state index is 6.95.